The molecule has 0 aliphatic carbocycles. The summed E-state index contributed by atoms with van der Waals surface area (Å²) in [4.78, 5) is 34.3. The number of aromatic nitrogens is 2. The Balaban J connectivity index is 1.25. The van der Waals surface area contributed by atoms with Crippen LogP contribution in [-0.4, -0.2) is 58.7 Å². The minimum Gasteiger partial charge on any atom is -0.342 e. The molecule has 0 aromatic carbocycles. The van der Waals surface area contributed by atoms with E-state index in [-0.39, 0.29) is 24.5 Å². The van der Waals surface area contributed by atoms with Crippen LogP contribution in [-0.2, 0) is 4.79 Å². The number of amides is 3. The van der Waals surface area contributed by atoms with E-state index in [4.69, 9.17) is 0 Å². The Morgan fingerprint density at radius 3 is 2.81 bits per heavy atom. The second-order valence-electron chi connectivity index (χ2n) is 6.88. The lowest BCUT2D eigenvalue weighted by Crippen LogP contribution is -2.29. The number of hydrogen-bond donors (Lipinski definition) is 3. The Hall–Kier alpha value is -1.74. The Morgan fingerprint density at radius 1 is 1.27 bits per heavy atom. The van der Waals surface area contributed by atoms with E-state index in [0.29, 0.717) is 6.54 Å². The highest BCUT2D eigenvalue weighted by molar-refractivity contribution is 7.97. The van der Waals surface area contributed by atoms with Gasteiger partial charge in [0.1, 0.15) is 6.54 Å². The number of anilines is 1. The van der Waals surface area contributed by atoms with Gasteiger partial charge in [-0.2, -0.15) is 0 Å². The van der Waals surface area contributed by atoms with Crippen LogP contribution in [0.2, 0.25) is 0 Å². The lowest BCUT2D eigenvalue weighted by atomic mass is 10.2. The molecule has 3 amide bonds. The molecular weight excluding hydrogens is 352 g/mol. The number of carbonyl (C=O) groups is 2. The highest BCUT2D eigenvalue weighted by Crippen LogP contribution is 2.20. The summed E-state index contributed by atoms with van der Waals surface area (Å²) in [6.45, 7) is 5.18. The molecule has 26 heavy (non-hydrogen) atoms. The molecule has 0 spiro atoms. The fraction of sp³-hybridized carbons (Fsp3) is 0.706. The monoisotopic (exact) mass is 380 g/mol. The van der Waals surface area contributed by atoms with Crippen molar-refractivity contribution in [3.8, 4) is 0 Å². The number of imide groups is 1. The average molecular weight is 381 g/mol. The van der Waals surface area contributed by atoms with Crippen LogP contribution >= 0.6 is 11.9 Å². The fourth-order valence-electron chi connectivity index (χ4n) is 3.20. The number of rotatable bonds is 10. The van der Waals surface area contributed by atoms with Crippen LogP contribution in [0.1, 0.15) is 50.8 Å². The van der Waals surface area contributed by atoms with E-state index in [1.165, 1.54) is 12.8 Å². The van der Waals surface area contributed by atoms with Gasteiger partial charge in [-0.3, -0.25) is 14.8 Å². The summed E-state index contributed by atoms with van der Waals surface area (Å²) in [7, 11) is 0. The van der Waals surface area contributed by atoms with Crippen molar-refractivity contribution >= 4 is 29.8 Å². The fourth-order valence-corrected chi connectivity index (χ4v) is 4.04. The Bertz CT molecular complexity index is 616. The van der Waals surface area contributed by atoms with Gasteiger partial charge < -0.3 is 14.8 Å². The molecule has 3 heterocycles. The maximum absolute atomic E-state index is 11.4. The van der Waals surface area contributed by atoms with E-state index in [1.54, 1.807) is 16.8 Å². The van der Waals surface area contributed by atoms with E-state index in [9.17, 15) is 9.59 Å². The first kappa shape index (κ1) is 19.0. The van der Waals surface area contributed by atoms with Crippen LogP contribution in [0.4, 0.5) is 10.7 Å². The molecule has 9 heteroatoms. The number of imidazole rings is 1. The summed E-state index contributed by atoms with van der Waals surface area (Å²) < 4.78 is 3.46. The van der Waals surface area contributed by atoms with Crippen molar-refractivity contribution in [2.45, 2.75) is 45.1 Å². The number of unbranched alkanes of at least 4 members (excludes halogenated alkanes) is 2. The molecule has 1 aromatic heterocycles. The lowest BCUT2D eigenvalue weighted by Gasteiger charge is -2.14. The number of H-pyrrole nitrogens is 1. The van der Waals surface area contributed by atoms with Crippen LogP contribution in [0.15, 0.2) is 6.20 Å². The maximum atomic E-state index is 11.4. The molecular formula is C17H28N6O2S. The van der Waals surface area contributed by atoms with Crippen molar-refractivity contribution in [2.75, 3.05) is 36.8 Å². The Morgan fingerprint density at radius 2 is 2.08 bits per heavy atom. The first-order valence-electron chi connectivity index (χ1n) is 9.39. The smallest absolute Gasteiger partial charge is 0.324 e. The molecule has 3 N–H and O–H groups in total. The summed E-state index contributed by atoms with van der Waals surface area (Å²) in [5.41, 5.74) is 1.11. The van der Waals surface area contributed by atoms with Gasteiger partial charge in [0.2, 0.25) is 11.9 Å². The van der Waals surface area contributed by atoms with Crippen LogP contribution < -0.4 is 14.9 Å². The predicted molar refractivity (Wildman–Crippen MR) is 103 cm³/mol. The van der Waals surface area contributed by atoms with Crippen molar-refractivity contribution in [3.05, 3.63) is 11.9 Å². The minimum absolute atomic E-state index is 0.199. The van der Waals surface area contributed by atoms with Gasteiger partial charge in [0, 0.05) is 25.4 Å². The number of nitrogens with one attached hydrogen (secondary N) is 3. The Labute approximate surface area is 158 Å². The second kappa shape index (κ2) is 9.27. The zero-order valence-electron chi connectivity index (χ0n) is 15.3. The molecule has 8 nitrogen and oxygen atoms in total. The van der Waals surface area contributed by atoms with E-state index in [2.05, 4.69) is 31.8 Å². The van der Waals surface area contributed by atoms with Gasteiger partial charge in [-0.05, 0) is 32.6 Å². The first-order chi connectivity index (χ1) is 12.6. The van der Waals surface area contributed by atoms with Crippen LogP contribution in [0, 0.1) is 0 Å². The predicted octanol–water partition coefficient (Wildman–Crippen LogP) is 2.03. The third-order valence-electron chi connectivity index (χ3n) is 4.76. The molecule has 2 aliphatic heterocycles. The summed E-state index contributed by atoms with van der Waals surface area (Å²) in [5.74, 6) is 1.80. The van der Waals surface area contributed by atoms with Crippen LogP contribution in [0.3, 0.4) is 0 Å². The van der Waals surface area contributed by atoms with E-state index < -0.39 is 0 Å². The summed E-state index contributed by atoms with van der Waals surface area (Å²) in [6.07, 6.45) is 7.47. The summed E-state index contributed by atoms with van der Waals surface area (Å²) in [5, 5.41) is 2.30. The van der Waals surface area contributed by atoms with E-state index >= 15 is 0 Å². The quantitative estimate of drug-likeness (QED) is 0.327. The molecule has 0 bridgehead atoms. The lowest BCUT2D eigenvalue weighted by molar-refractivity contribution is -0.118. The maximum Gasteiger partial charge on any atom is 0.324 e. The normalized spacial score (nSPS) is 18.7. The molecule has 2 aliphatic rings. The molecule has 0 saturated carbocycles. The molecule has 2 saturated heterocycles. The van der Waals surface area contributed by atoms with Gasteiger partial charge in [-0.25, -0.2) is 9.78 Å². The van der Waals surface area contributed by atoms with Gasteiger partial charge >= 0.3 is 6.03 Å². The minimum atomic E-state index is -0.257. The largest absolute Gasteiger partial charge is 0.342 e. The summed E-state index contributed by atoms with van der Waals surface area (Å²) >= 11 is 1.72. The molecule has 3 rings (SSSR count). The van der Waals surface area contributed by atoms with Gasteiger partial charge in [0.15, 0.2) is 0 Å². The molecule has 2 fully saturated rings. The number of urea groups is 1. The molecule has 1 aromatic rings. The van der Waals surface area contributed by atoms with Gasteiger partial charge in [0.25, 0.3) is 0 Å². The third kappa shape index (κ3) is 5.14. The van der Waals surface area contributed by atoms with Crippen LogP contribution in [0.25, 0.3) is 0 Å². The number of nitrogens with zero attached hydrogens (tertiary/aromatic N) is 3. The Kier molecular flexibility index (Phi) is 6.79. The molecule has 1 atom stereocenters. The zero-order valence-corrected chi connectivity index (χ0v) is 16.1. The molecule has 1 unspecified atom stereocenters. The van der Waals surface area contributed by atoms with Crippen molar-refractivity contribution < 1.29 is 9.59 Å². The van der Waals surface area contributed by atoms with Crippen molar-refractivity contribution in [3.63, 3.8) is 0 Å². The van der Waals surface area contributed by atoms with Gasteiger partial charge in [0.05, 0.1) is 17.9 Å². The highest BCUT2D eigenvalue weighted by atomic mass is 32.2. The standard InChI is InChI=1S/C17H28N6O2S/c1-13(14-11-18-16(19-14)22-7-4-5-8-22)21-26-10-6-2-3-9-23-12-15(24)20-17(23)25/h11,13,21H,2-10,12H2,1H3,(H,18,19)(H,20,24,25). The first-order valence-corrected chi connectivity index (χ1v) is 10.4. The van der Waals surface area contributed by atoms with Crippen molar-refractivity contribution in [2.24, 2.45) is 0 Å². The number of carbonyl (C=O) groups excluding carboxylic acids is 2. The van der Waals surface area contributed by atoms with Crippen molar-refractivity contribution in [1.29, 1.82) is 0 Å². The molecule has 0 radical (unpaired) electrons. The van der Waals surface area contributed by atoms with Gasteiger partial charge in [-0.1, -0.05) is 18.4 Å². The third-order valence-corrected chi connectivity index (χ3v) is 5.77. The summed E-state index contributed by atoms with van der Waals surface area (Å²) in [6, 6.07) is -0.0316. The SMILES string of the molecule is CC(NSCCCCCN1CC(=O)NC1=O)c1cnc(N2CCCC2)[nH]1. The zero-order chi connectivity index (χ0) is 18.4. The molecule has 144 valence electrons. The highest BCUT2D eigenvalue weighted by Gasteiger charge is 2.25. The van der Waals surface area contributed by atoms with Crippen molar-refractivity contribution in [1.82, 2.24) is 24.9 Å². The second-order valence-corrected chi connectivity index (χ2v) is 7.81. The van der Waals surface area contributed by atoms with E-state index in [0.717, 1.165) is 49.7 Å². The number of hydrogen-bond acceptors (Lipinski definition) is 6. The number of aromatic amines is 1. The topological polar surface area (TPSA) is 93.4 Å². The van der Waals surface area contributed by atoms with Crippen LogP contribution in [0.5, 0.6) is 0 Å². The van der Waals surface area contributed by atoms with E-state index in [1.807, 2.05) is 6.20 Å². The average Bonchev–Trinajstić information content (AvgIpc) is 3.34. The van der Waals surface area contributed by atoms with Gasteiger partial charge in [-0.15, -0.1) is 0 Å².